The summed E-state index contributed by atoms with van der Waals surface area (Å²) < 4.78 is 0. The fraction of sp³-hybridized carbons (Fsp3) is 0.263. The third-order valence-electron chi connectivity index (χ3n) is 4.67. The second-order valence-electron chi connectivity index (χ2n) is 5.84. The number of benzene rings is 2. The smallest absolute Gasteiger partial charge is 0.0461 e. The summed E-state index contributed by atoms with van der Waals surface area (Å²) in [5.41, 5.74) is 7.21. The molecule has 1 atom stereocenters. The van der Waals surface area contributed by atoms with E-state index in [4.69, 9.17) is 0 Å². The summed E-state index contributed by atoms with van der Waals surface area (Å²) in [6, 6.07) is 17.5. The Morgan fingerprint density at radius 2 is 1.80 bits per heavy atom. The zero-order valence-corrected chi connectivity index (χ0v) is 11.8. The minimum Gasteiger partial charge on any atom is -0.358 e. The molecule has 1 heterocycles. The molecule has 1 unspecified atom stereocenters. The first-order valence-electron chi connectivity index (χ1n) is 7.52. The Labute approximate surface area is 119 Å². The number of aromatic nitrogens is 1. The van der Waals surface area contributed by atoms with Gasteiger partial charge in [-0.25, -0.2) is 0 Å². The summed E-state index contributed by atoms with van der Waals surface area (Å²) in [5, 5.41) is 1.48. The highest BCUT2D eigenvalue weighted by Crippen LogP contribution is 2.37. The molecule has 0 aliphatic heterocycles. The number of fused-ring (bicyclic) bond motifs is 3. The van der Waals surface area contributed by atoms with Crippen LogP contribution in [0, 0.1) is 0 Å². The van der Waals surface area contributed by atoms with Crippen LogP contribution >= 0.6 is 0 Å². The second-order valence-corrected chi connectivity index (χ2v) is 5.84. The molecule has 1 aliphatic rings. The van der Waals surface area contributed by atoms with E-state index in [-0.39, 0.29) is 0 Å². The van der Waals surface area contributed by atoms with Gasteiger partial charge in [0.05, 0.1) is 0 Å². The first-order chi connectivity index (χ1) is 9.84. The van der Waals surface area contributed by atoms with E-state index >= 15 is 0 Å². The number of H-pyrrole nitrogens is 1. The van der Waals surface area contributed by atoms with Crippen molar-refractivity contribution in [1.29, 1.82) is 0 Å². The van der Waals surface area contributed by atoms with Gasteiger partial charge in [0, 0.05) is 22.5 Å². The molecular weight excluding hydrogens is 242 g/mol. The molecule has 0 spiro atoms. The molecule has 3 aromatic rings. The van der Waals surface area contributed by atoms with Crippen LogP contribution in [-0.2, 0) is 12.8 Å². The van der Waals surface area contributed by atoms with Gasteiger partial charge in [-0.15, -0.1) is 0 Å². The van der Waals surface area contributed by atoms with E-state index in [1.54, 1.807) is 5.56 Å². The van der Waals surface area contributed by atoms with E-state index in [1.807, 2.05) is 0 Å². The Balaban J connectivity index is 1.92. The Morgan fingerprint density at radius 3 is 2.65 bits per heavy atom. The van der Waals surface area contributed by atoms with E-state index in [0.717, 1.165) is 0 Å². The maximum atomic E-state index is 3.62. The maximum absolute atomic E-state index is 3.62. The highest BCUT2D eigenvalue weighted by atomic mass is 14.7. The molecule has 0 amide bonds. The average Bonchev–Trinajstić information content (AvgIpc) is 3.07. The van der Waals surface area contributed by atoms with Crippen LogP contribution in [0.4, 0.5) is 0 Å². The summed E-state index contributed by atoms with van der Waals surface area (Å²) in [7, 11) is 0. The van der Waals surface area contributed by atoms with Crippen molar-refractivity contribution >= 4 is 10.9 Å². The van der Waals surface area contributed by atoms with Gasteiger partial charge < -0.3 is 4.98 Å². The fourth-order valence-corrected chi connectivity index (χ4v) is 3.61. The molecule has 20 heavy (non-hydrogen) atoms. The summed E-state index contributed by atoms with van der Waals surface area (Å²) in [6.45, 7) is 2.32. The van der Waals surface area contributed by atoms with Crippen LogP contribution in [0.1, 0.15) is 41.6 Å². The number of hydrogen-bond donors (Lipinski definition) is 1. The minimum atomic E-state index is 0.445. The molecule has 0 saturated carbocycles. The molecule has 100 valence electrons. The minimum absolute atomic E-state index is 0.445. The van der Waals surface area contributed by atoms with Gasteiger partial charge in [-0.2, -0.15) is 0 Å². The summed E-state index contributed by atoms with van der Waals surface area (Å²) in [5.74, 6) is 0.445. The lowest BCUT2D eigenvalue weighted by Gasteiger charge is -2.14. The molecule has 0 radical (unpaired) electrons. The lowest BCUT2D eigenvalue weighted by molar-refractivity contribution is 0.895. The van der Waals surface area contributed by atoms with Crippen LogP contribution in [0.5, 0.6) is 0 Å². The van der Waals surface area contributed by atoms with Crippen molar-refractivity contribution in [1.82, 2.24) is 4.98 Å². The van der Waals surface area contributed by atoms with E-state index in [1.165, 1.54) is 47.0 Å². The van der Waals surface area contributed by atoms with Gasteiger partial charge in [-0.05, 0) is 42.0 Å². The molecule has 1 heteroatoms. The molecule has 1 N–H and O–H groups in total. The first-order valence-corrected chi connectivity index (χ1v) is 7.52. The van der Waals surface area contributed by atoms with Crippen LogP contribution in [-0.4, -0.2) is 4.98 Å². The Kier molecular flexibility index (Phi) is 2.66. The normalized spacial score (nSPS) is 15.4. The van der Waals surface area contributed by atoms with E-state index in [2.05, 4.69) is 60.4 Å². The second kappa shape index (κ2) is 4.52. The van der Waals surface area contributed by atoms with Crippen molar-refractivity contribution in [2.45, 2.75) is 32.1 Å². The maximum Gasteiger partial charge on any atom is 0.0461 e. The molecule has 1 nitrogen and oxygen atoms in total. The zero-order chi connectivity index (χ0) is 13.5. The quantitative estimate of drug-likeness (QED) is 0.681. The van der Waals surface area contributed by atoms with Gasteiger partial charge in [-0.3, -0.25) is 0 Å². The predicted octanol–water partition coefficient (Wildman–Crippen LogP) is 4.81. The number of rotatable bonds is 2. The van der Waals surface area contributed by atoms with Crippen molar-refractivity contribution < 1.29 is 0 Å². The van der Waals surface area contributed by atoms with Crippen LogP contribution in [0.25, 0.3) is 10.9 Å². The van der Waals surface area contributed by atoms with Crippen LogP contribution in [0.2, 0.25) is 0 Å². The highest BCUT2D eigenvalue weighted by molar-refractivity contribution is 5.89. The molecular formula is C19H19N. The van der Waals surface area contributed by atoms with Gasteiger partial charge in [0.15, 0.2) is 0 Å². The van der Waals surface area contributed by atoms with E-state index < -0.39 is 0 Å². The van der Waals surface area contributed by atoms with Crippen molar-refractivity contribution in [3.05, 3.63) is 70.9 Å². The van der Waals surface area contributed by atoms with E-state index in [0.29, 0.717) is 5.92 Å². The third kappa shape index (κ3) is 1.70. The Morgan fingerprint density at radius 1 is 0.950 bits per heavy atom. The summed E-state index contributed by atoms with van der Waals surface area (Å²) in [6.07, 6.45) is 3.74. The zero-order valence-electron chi connectivity index (χ0n) is 11.8. The molecule has 1 aliphatic carbocycles. The molecule has 0 bridgehead atoms. The topological polar surface area (TPSA) is 15.8 Å². The SMILES string of the molecule is CC(c1ccccc1)c1cccc2[nH]c3c(c12)CCC3. The molecule has 2 aromatic carbocycles. The highest BCUT2D eigenvalue weighted by Gasteiger charge is 2.21. The molecule has 4 rings (SSSR count). The van der Waals surface area contributed by atoms with Gasteiger partial charge in [0.1, 0.15) is 0 Å². The lowest BCUT2D eigenvalue weighted by Crippen LogP contribution is -1.97. The molecule has 0 saturated heterocycles. The van der Waals surface area contributed by atoms with Crippen LogP contribution in [0.15, 0.2) is 48.5 Å². The van der Waals surface area contributed by atoms with Gasteiger partial charge >= 0.3 is 0 Å². The first kappa shape index (κ1) is 11.8. The number of nitrogens with one attached hydrogen (secondary N) is 1. The average molecular weight is 261 g/mol. The summed E-state index contributed by atoms with van der Waals surface area (Å²) in [4.78, 5) is 3.62. The van der Waals surface area contributed by atoms with Gasteiger partial charge in [0.2, 0.25) is 0 Å². The van der Waals surface area contributed by atoms with Crippen molar-refractivity contribution in [3.8, 4) is 0 Å². The van der Waals surface area contributed by atoms with Crippen LogP contribution < -0.4 is 0 Å². The monoisotopic (exact) mass is 261 g/mol. The Bertz CT molecular complexity index is 752. The number of aryl methyl sites for hydroxylation is 2. The largest absolute Gasteiger partial charge is 0.358 e. The van der Waals surface area contributed by atoms with Crippen LogP contribution in [0.3, 0.4) is 0 Å². The molecule has 1 aromatic heterocycles. The van der Waals surface area contributed by atoms with Crippen molar-refractivity contribution in [3.63, 3.8) is 0 Å². The third-order valence-corrected chi connectivity index (χ3v) is 4.67. The number of hydrogen-bond acceptors (Lipinski definition) is 0. The summed E-state index contributed by atoms with van der Waals surface area (Å²) >= 11 is 0. The Hall–Kier alpha value is -2.02. The van der Waals surface area contributed by atoms with Crippen molar-refractivity contribution in [2.75, 3.05) is 0 Å². The fourth-order valence-electron chi connectivity index (χ4n) is 3.61. The standard InChI is InChI=1S/C19H19N/c1-13(14-7-3-2-4-8-14)15-9-5-12-18-19(15)16-10-6-11-17(16)20-18/h2-5,7-9,12-13,20H,6,10-11H2,1H3. The lowest BCUT2D eigenvalue weighted by atomic mass is 9.89. The van der Waals surface area contributed by atoms with Gasteiger partial charge in [-0.1, -0.05) is 49.4 Å². The predicted molar refractivity (Wildman–Crippen MR) is 84.3 cm³/mol. The molecule has 0 fully saturated rings. The van der Waals surface area contributed by atoms with Gasteiger partial charge in [0.25, 0.3) is 0 Å². The number of aromatic amines is 1. The van der Waals surface area contributed by atoms with E-state index in [9.17, 15) is 0 Å². The van der Waals surface area contributed by atoms with Crippen molar-refractivity contribution in [2.24, 2.45) is 0 Å².